The summed E-state index contributed by atoms with van der Waals surface area (Å²) in [4.78, 5) is 3.39. The smallest absolute Gasteiger partial charge is 0.0693 e. The van der Waals surface area contributed by atoms with Gasteiger partial charge in [0.15, 0.2) is 0 Å². The lowest BCUT2D eigenvalue weighted by atomic mass is 10.2. The largest absolute Gasteiger partial charge is 0.392 e. The van der Waals surface area contributed by atoms with E-state index in [2.05, 4.69) is 18.7 Å². The van der Waals surface area contributed by atoms with E-state index in [1.165, 1.54) is 0 Å². The predicted octanol–water partition coefficient (Wildman–Crippen LogP) is 3.27. The fourth-order valence-corrected chi connectivity index (χ4v) is 3.09. The third kappa shape index (κ3) is 4.51. The molecule has 0 fully saturated rings. The molecule has 96 valence electrons. The molecule has 1 aromatic rings. The second kappa shape index (κ2) is 7.98. The fourth-order valence-electron chi connectivity index (χ4n) is 1.66. The van der Waals surface area contributed by atoms with E-state index >= 15 is 0 Å². The first-order chi connectivity index (χ1) is 8.22. The Hall–Kier alpha value is -0.220. The van der Waals surface area contributed by atoms with Gasteiger partial charge in [0.25, 0.3) is 0 Å². The molecule has 0 saturated carbocycles. The van der Waals surface area contributed by atoms with Gasteiger partial charge >= 0.3 is 0 Å². The number of aliphatic hydroxyl groups is 1. The summed E-state index contributed by atoms with van der Waals surface area (Å²) in [5.74, 6) is 0.998. The van der Waals surface area contributed by atoms with Gasteiger partial charge in [-0.3, -0.25) is 0 Å². The molecule has 1 N–H and O–H groups in total. The Morgan fingerprint density at radius 1 is 1.29 bits per heavy atom. The highest BCUT2D eigenvalue weighted by Crippen LogP contribution is 2.30. The molecule has 1 aromatic carbocycles. The van der Waals surface area contributed by atoms with Crippen molar-refractivity contribution in [1.82, 2.24) is 4.90 Å². The molecule has 4 heteroatoms. The number of nitrogens with zero attached hydrogens (tertiary/aromatic N) is 1. The number of halogens is 1. The van der Waals surface area contributed by atoms with Gasteiger partial charge in [-0.2, -0.15) is 0 Å². The SMILES string of the molecule is CCN(CC)CCSc1c(Cl)cccc1CO. The highest BCUT2D eigenvalue weighted by molar-refractivity contribution is 7.99. The van der Waals surface area contributed by atoms with Gasteiger partial charge in [0.1, 0.15) is 0 Å². The molecular formula is C13H20ClNOS. The summed E-state index contributed by atoms with van der Waals surface area (Å²) in [6, 6.07) is 5.68. The minimum atomic E-state index is 0.0498. The third-order valence-corrected chi connectivity index (χ3v) is 4.35. The van der Waals surface area contributed by atoms with Crippen LogP contribution < -0.4 is 0 Å². The van der Waals surface area contributed by atoms with Crippen LogP contribution in [-0.4, -0.2) is 35.4 Å². The Labute approximate surface area is 113 Å². The highest BCUT2D eigenvalue weighted by atomic mass is 35.5. The van der Waals surface area contributed by atoms with Crippen LogP contribution in [0.1, 0.15) is 19.4 Å². The first kappa shape index (κ1) is 14.8. The molecule has 0 aliphatic rings. The molecule has 0 spiro atoms. The third-order valence-electron chi connectivity index (χ3n) is 2.77. The quantitative estimate of drug-likeness (QED) is 0.772. The summed E-state index contributed by atoms with van der Waals surface area (Å²) in [6.45, 7) is 7.59. The van der Waals surface area contributed by atoms with Gasteiger partial charge in [-0.15, -0.1) is 11.8 Å². The molecule has 0 amide bonds. The first-order valence-corrected chi connectivity index (χ1v) is 7.32. The number of rotatable bonds is 7. The van der Waals surface area contributed by atoms with Crippen molar-refractivity contribution >= 4 is 23.4 Å². The second-order valence-corrected chi connectivity index (χ2v) is 5.27. The van der Waals surface area contributed by atoms with E-state index in [1.807, 2.05) is 18.2 Å². The second-order valence-electron chi connectivity index (χ2n) is 3.76. The van der Waals surface area contributed by atoms with E-state index in [9.17, 15) is 5.11 Å². The molecule has 17 heavy (non-hydrogen) atoms. The average Bonchev–Trinajstić information content (AvgIpc) is 2.36. The maximum absolute atomic E-state index is 9.26. The van der Waals surface area contributed by atoms with Crippen molar-refractivity contribution in [2.24, 2.45) is 0 Å². The zero-order chi connectivity index (χ0) is 12.7. The fraction of sp³-hybridized carbons (Fsp3) is 0.538. The number of thioether (sulfide) groups is 1. The average molecular weight is 274 g/mol. The Morgan fingerprint density at radius 2 is 2.00 bits per heavy atom. The molecule has 0 aliphatic carbocycles. The van der Waals surface area contributed by atoms with Gasteiger partial charge in [-0.25, -0.2) is 0 Å². The van der Waals surface area contributed by atoms with E-state index in [-0.39, 0.29) is 6.61 Å². The molecule has 2 nitrogen and oxygen atoms in total. The summed E-state index contributed by atoms with van der Waals surface area (Å²) in [6.07, 6.45) is 0. The summed E-state index contributed by atoms with van der Waals surface area (Å²) in [7, 11) is 0. The van der Waals surface area contributed by atoms with Crippen LogP contribution in [0.3, 0.4) is 0 Å². The van der Waals surface area contributed by atoms with E-state index in [0.29, 0.717) is 0 Å². The molecule has 0 heterocycles. The van der Waals surface area contributed by atoms with E-state index in [4.69, 9.17) is 11.6 Å². The number of hydrogen-bond acceptors (Lipinski definition) is 3. The van der Waals surface area contributed by atoms with Gasteiger partial charge < -0.3 is 10.0 Å². The Bertz CT molecular complexity index is 342. The van der Waals surface area contributed by atoms with Gasteiger partial charge in [0.05, 0.1) is 11.6 Å². The molecule has 0 radical (unpaired) electrons. The van der Waals surface area contributed by atoms with Crippen LogP contribution in [0, 0.1) is 0 Å². The Balaban J connectivity index is 2.56. The van der Waals surface area contributed by atoms with Gasteiger partial charge in [-0.05, 0) is 24.7 Å². The number of aliphatic hydroxyl groups excluding tert-OH is 1. The van der Waals surface area contributed by atoms with Crippen molar-refractivity contribution in [2.75, 3.05) is 25.4 Å². The van der Waals surface area contributed by atoms with Crippen LogP contribution in [-0.2, 0) is 6.61 Å². The van der Waals surface area contributed by atoms with Crippen molar-refractivity contribution in [3.63, 3.8) is 0 Å². The minimum Gasteiger partial charge on any atom is -0.392 e. The highest BCUT2D eigenvalue weighted by Gasteiger charge is 2.07. The van der Waals surface area contributed by atoms with Crippen LogP contribution in [0.2, 0.25) is 5.02 Å². The zero-order valence-electron chi connectivity index (χ0n) is 10.4. The minimum absolute atomic E-state index is 0.0498. The lowest BCUT2D eigenvalue weighted by molar-refractivity contribution is 0.279. The van der Waals surface area contributed by atoms with Crippen molar-refractivity contribution in [2.45, 2.75) is 25.3 Å². The number of hydrogen-bond donors (Lipinski definition) is 1. The van der Waals surface area contributed by atoms with Crippen LogP contribution in [0.5, 0.6) is 0 Å². The first-order valence-electron chi connectivity index (χ1n) is 5.96. The van der Waals surface area contributed by atoms with Crippen molar-refractivity contribution < 1.29 is 5.11 Å². The summed E-state index contributed by atoms with van der Waals surface area (Å²) >= 11 is 7.87. The van der Waals surface area contributed by atoms with Gasteiger partial charge in [0, 0.05) is 17.2 Å². The summed E-state index contributed by atoms with van der Waals surface area (Å²) in [5, 5.41) is 10.00. The van der Waals surface area contributed by atoms with Crippen LogP contribution in [0.15, 0.2) is 23.1 Å². The van der Waals surface area contributed by atoms with Crippen molar-refractivity contribution in [1.29, 1.82) is 0 Å². The van der Waals surface area contributed by atoms with Crippen LogP contribution in [0.4, 0.5) is 0 Å². The summed E-state index contributed by atoms with van der Waals surface area (Å²) < 4.78 is 0. The molecule has 0 saturated heterocycles. The zero-order valence-corrected chi connectivity index (χ0v) is 12.0. The Kier molecular flexibility index (Phi) is 6.97. The maximum Gasteiger partial charge on any atom is 0.0693 e. The van der Waals surface area contributed by atoms with Crippen molar-refractivity contribution in [3.8, 4) is 0 Å². The Morgan fingerprint density at radius 3 is 2.59 bits per heavy atom. The molecule has 0 unspecified atom stereocenters. The molecule has 0 aromatic heterocycles. The lowest BCUT2D eigenvalue weighted by Gasteiger charge is -2.18. The van der Waals surface area contributed by atoms with Crippen molar-refractivity contribution in [3.05, 3.63) is 28.8 Å². The van der Waals surface area contributed by atoms with E-state index in [1.54, 1.807) is 11.8 Å². The van der Waals surface area contributed by atoms with Gasteiger partial charge in [-0.1, -0.05) is 37.6 Å². The molecular weight excluding hydrogens is 254 g/mol. The normalized spacial score (nSPS) is 11.1. The van der Waals surface area contributed by atoms with E-state index < -0.39 is 0 Å². The van der Waals surface area contributed by atoms with Gasteiger partial charge in [0.2, 0.25) is 0 Å². The molecule has 1 rings (SSSR count). The lowest BCUT2D eigenvalue weighted by Crippen LogP contribution is -2.25. The molecule has 0 bridgehead atoms. The van der Waals surface area contributed by atoms with E-state index in [0.717, 1.165) is 40.9 Å². The van der Waals surface area contributed by atoms with Crippen LogP contribution in [0.25, 0.3) is 0 Å². The molecule has 0 aliphatic heterocycles. The number of benzene rings is 1. The molecule has 0 atom stereocenters. The monoisotopic (exact) mass is 273 g/mol. The predicted molar refractivity (Wildman–Crippen MR) is 75.9 cm³/mol. The summed E-state index contributed by atoms with van der Waals surface area (Å²) in [5.41, 5.74) is 0.919. The van der Waals surface area contributed by atoms with Crippen LogP contribution >= 0.6 is 23.4 Å². The maximum atomic E-state index is 9.26. The topological polar surface area (TPSA) is 23.5 Å². The standard InChI is InChI=1S/C13H20ClNOS/c1-3-15(4-2)8-9-17-13-11(10-16)6-5-7-12(13)14/h5-7,16H,3-4,8-10H2,1-2H3.